The standard InChI is InChI=1S/C21H16ClN3O3/c22-20-14(6-13-7-18-19(28-11-27-18)9-17(13)24-20)10-23-25-21(26)16-8-15(16)12-4-2-1-3-5-12/h1-7,9-10,15-16H,8,11H2,(H,25,26)/b23-10+/t15-,16+/m1/s1. The van der Waals surface area contributed by atoms with E-state index in [0.29, 0.717) is 27.7 Å². The van der Waals surface area contributed by atoms with E-state index in [-0.39, 0.29) is 24.5 Å². The van der Waals surface area contributed by atoms with Crippen LogP contribution in [0.3, 0.4) is 0 Å². The van der Waals surface area contributed by atoms with Gasteiger partial charge >= 0.3 is 0 Å². The minimum atomic E-state index is -0.0849. The number of nitrogens with one attached hydrogen (secondary N) is 1. The summed E-state index contributed by atoms with van der Waals surface area (Å²) in [6.45, 7) is 0.199. The van der Waals surface area contributed by atoms with Crippen LogP contribution in [-0.2, 0) is 4.79 Å². The van der Waals surface area contributed by atoms with Crippen LogP contribution in [0.4, 0.5) is 0 Å². The van der Waals surface area contributed by atoms with Crippen molar-refractivity contribution in [2.75, 3.05) is 6.79 Å². The molecule has 1 aromatic heterocycles. The van der Waals surface area contributed by atoms with Gasteiger partial charge in [-0.15, -0.1) is 0 Å². The van der Waals surface area contributed by atoms with E-state index >= 15 is 0 Å². The molecule has 5 rings (SSSR count). The third-order valence-corrected chi connectivity index (χ3v) is 5.33. The van der Waals surface area contributed by atoms with Crippen molar-refractivity contribution >= 4 is 34.6 Å². The van der Waals surface area contributed by atoms with Crippen molar-refractivity contribution in [1.82, 2.24) is 10.4 Å². The van der Waals surface area contributed by atoms with Gasteiger partial charge in [-0.2, -0.15) is 5.10 Å². The lowest BCUT2D eigenvalue weighted by Gasteiger charge is -2.04. The first-order valence-corrected chi connectivity index (χ1v) is 9.34. The van der Waals surface area contributed by atoms with Gasteiger partial charge in [-0.1, -0.05) is 41.9 Å². The molecular formula is C21H16ClN3O3. The summed E-state index contributed by atoms with van der Waals surface area (Å²) in [5.41, 5.74) is 5.12. The number of halogens is 1. The number of rotatable bonds is 4. The van der Waals surface area contributed by atoms with Crippen LogP contribution in [-0.4, -0.2) is 23.9 Å². The van der Waals surface area contributed by atoms with Gasteiger partial charge in [0, 0.05) is 22.9 Å². The first-order valence-electron chi connectivity index (χ1n) is 8.97. The molecule has 2 aromatic carbocycles. The molecule has 1 saturated carbocycles. The van der Waals surface area contributed by atoms with Crippen LogP contribution in [0.25, 0.3) is 10.9 Å². The van der Waals surface area contributed by atoms with Gasteiger partial charge in [0.15, 0.2) is 11.5 Å². The molecule has 140 valence electrons. The van der Waals surface area contributed by atoms with Crippen molar-refractivity contribution in [1.29, 1.82) is 0 Å². The second-order valence-electron chi connectivity index (χ2n) is 6.86. The van der Waals surface area contributed by atoms with Crippen LogP contribution in [0.1, 0.15) is 23.5 Å². The molecule has 0 saturated heterocycles. The Morgan fingerprint density at radius 1 is 1.18 bits per heavy atom. The van der Waals surface area contributed by atoms with Crippen LogP contribution >= 0.6 is 11.6 Å². The van der Waals surface area contributed by atoms with Crippen molar-refractivity contribution in [2.45, 2.75) is 12.3 Å². The molecule has 1 aliphatic heterocycles. The minimum absolute atomic E-state index is 0.0375. The predicted octanol–water partition coefficient (Wildman–Crippen LogP) is 3.87. The summed E-state index contributed by atoms with van der Waals surface area (Å²) >= 11 is 6.26. The van der Waals surface area contributed by atoms with Gasteiger partial charge in [-0.3, -0.25) is 4.79 Å². The number of aromatic nitrogens is 1. The highest BCUT2D eigenvalue weighted by atomic mass is 35.5. The largest absolute Gasteiger partial charge is 0.454 e. The van der Waals surface area contributed by atoms with Crippen molar-refractivity contribution in [3.63, 3.8) is 0 Å². The Bertz CT molecular complexity index is 1100. The normalized spacial score (nSPS) is 19.9. The van der Waals surface area contributed by atoms with E-state index in [2.05, 4.69) is 15.5 Å². The molecule has 0 spiro atoms. The summed E-state index contributed by atoms with van der Waals surface area (Å²) < 4.78 is 10.8. The summed E-state index contributed by atoms with van der Waals surface area (Å²) in [5, 5.41) is 5.22. The summed E-state index contributed by atoms with van der Waals surface area (Å²) in [5.74, 6) is 1.48. The lowest BCUT2D eigenvalue weighted by molar-refractivity contribution is -0.122. The maximum atomic E-state index is 12.3. The monoisotopic (exact) mass is 393 g/mol. The molecule has 6 nitrogen and oxygen atoms in total. The number of nitrogens with zero attached hydrogens (tertiary/aromatic N) is 2. The Hall–Kier alpha value is -3.12. The van der Waals surface area contributed by atoms with Gasteiger partial charge in [0.2, 0.25) is 12.7 Å². The van der Waals surface area contributed by atoms with Gasteiger partial charge < -0.3 is 9.47 Å². The molecule has 2 heterocycles. The summed E-state index contributed by atoms with van der Waals surface area (Å²) in [6, 6.07) is 15.5. The molecule has 0 bridgehead atoms. The van der Waals surface area contributed by atoms with E-state index in [1.807, 2.05) is 42.5 Å². The van der Waals surface area contributed by atoms with Crippen molar-refractivity contribution < 1.29 is 14.3 Å². The van der Waals surface area contributed by atoms with Gasteiger partial charge in [0.25, 0.3) is 0 Å². The lowest BCUT2D eigenvalue weighted by Crippen LogP contribution is -2.20. The van der Waals surface area contributed by atoms with Crippen molar-refractivity contribution in [2.24, 2.45) is 11.0 Å². The maximum Gasteiger partial charge on any atom is 0.243 e. The van der Waals surface area contributed by atoms with Gasteiger partial charge in [0.1, 0.15) is 5.15 Å². The van der Waals surface area contributed by atoms with Crippen LogP contribution in [0, 0.1) is 5.92 Å². The number of carbonyl (C=O) groups excluding carboxylic acids is 1. The minimum Gasteiger partial charge on any atom is -0.454 e. The van der Waals surface area contributed by atoms with E-state index < -0.39 is 0 Å². The highest BCUT2D eigenvalue weighted by molar-refractivity contribution is 6.32. The SMILES string of the molecule is O=C(N/N=C/c1cc2cc3c(cc2nc1Cl)OCO3)[C@H]1C[C@@H]1c1ccccc1. The van der Waals surface area contributed by atoms with E-state index in [1.165, 1.54) is 11.8 Å². The van der Waals surface area contributed by atoms with Crippen molar-refractivity contribution in [3.8, 4) is 11.5 Å². The van der Waals surface area contributed by atoms with Crippen LogP contribution in [0.15, 0.2) is 53.6 Å². The zero-order chi connectivity index (χ0) is 19.1. The van der Waals surface area contributed by atoms with Crippen LogP contribution < -0.4 is 14.9 Å². The molecule has 1 aliphatic carbocycles. The first kappa shape index (κ1) is 17.0. The fourth-order valence-corrected chi connectivity index (χ4v) is 3.64. The number of carbonyl (C=O) groups is 1. The number of hydrazone groups is 1. The molecule has 1 fully saturated rings. The summed E-state index contributed by atoms with van der Waals surface area (Å²) in [6.07, 6.45) is 2.36. The smallest absolute Gasteiger partial charge is 0.243 e. The average molecular weight is 394 g/mol. The molecule has 0 unspecified atom stereocenters. The van der Waals surface area contributed by atoms with E-state index in [9.17, 15) is 4.79 Å². The summed E-state index contributed by atoms with van der Waals surface area (Å²) in [4.78, 5) is 16.7. The van der Waals surface area contributed by atoms with E-state index in [0.717, 1.165) is 11.8 Å². The Labute approximate surface area is 166 Å². The Kier molecular flexibility index (Phi) is 4.13. The fourth-order valence-electron chi connectivity index (χ4n) is 3.45. The third kappa shape index (κ3) is 3.16. The lowest BCUT2D eigenvalue weighted by atomic mass is 10.1. The molecule has 2 aliphatic rings. The van der Waals surface area contributed by atoms with Gasteiger partial charge in [-0.25, -0.2) is 10.4 Å². The van der Waals surface area contributed by atoms with E-state index in [4.69, 9.17) is 21.1 Å². The first-order chi connectivity index (χ1) is 13.7. The number of benzene rings is 2. The number of hydrogen-bond donors (Lipinski definition) is 1. The highest BCUT2D eigenvalue weighted by Gasteiger charge is 2.43. The second-order valence-corrected chi connectivity index (χ2v) is 7.22. The molecule has 1 N–H and O–H groups in total. The molecule has 0 radical (unpaired) electrons. The van der Waals surface area contributed by atoms with Crippen LogP contribution in [0.5, 0.6) is 11.5 Å². The molecule has 7 heteroatoms. The zero-order valence-corrected chi connectivity index (χ0v) is 15.5. The average Bonchev–Trinajstić information content (AvgIpc) is 3.39. The van der Waals surface area contributed by atoms with Gasteiger partial charge in [0.05, 0.1) is 11.7 Å². The van der Waals surface area contributed by atoms with E-state index in [1.54, 1.807) is 6.07 Å². The molecule has 3 aromatic rings. The molecule has 2 atom stereocenters. The number of ether oxygens (including phenoxy) is 2. The second kappa shape index (κ2) is 6.80. The number of hydrogen-bond acceptors (Lipinski definition) is 5. The summed E-state index contributed by atoms with van der Waals surface area (Å²) in [7, 11) is 0. The highest BCUT2D eigenvalue weighted by Crippen LogP contribution is 2.47. The number of amides is 1. The predicted molar refractivity (Wildman–Crippen MR) is 106 cm³/mol. The van der Waals surface area contributed by atoms with Crippen LogP contribution in [0.2, 0.25) is 5.15 Å². The molecule has 1 amide bonds. The zero-order valence-electron chi connectivity index (χ0n) is 14.8. The number of fused-ring (bicyclic) bond motifs is 2. The Morgan fingerprint density at radius 3 is 2.79 bits per heavy atom. The topological polar surface area (TPSA) is 72.8 Å². The molecular weight excluding hydrogens is 378 g/mol. The maximum absolute atomic E-state index is 12.3. The fraction of sp³-hybridized carbons (Fsp3) is 0.190. The number of pyridine rings is 1. The van der Waals surface area contributed by atoms with Gasteiger partial charge in [-0.05, 0) is 30.0 Å². The molecule has 28 heavy (non-hydrogen) atoms. The third-order valence-electron chi connectivity index (χ3n) is 5.02. The Morgan fingerprint density at radius 2 is 1.96 bits per heavy atom. The quantitative estimate of drug-likeness (QED) is 0.415. The Balaban J connectivity index is 1.29. The van der Waals surface area contributed by atoms with Crippen molar-refractivity contribution in [3.05, 3.63) is 64.8 Å².